The molecule has 0 unspecified atom stereocenters. The fourth-order valence-corrected chi connectivity index (χ4v) is 3.28. The van der Waals surface area contributed by atoms with Crippen LogP contribution in [0.2, 0.25) is 0 Å². The van der Waals surface area contributed by atoms with Crippen LogP contribution in [0.25, 0.3) is 0 Å². The van der Waals surface area contributed by atoms with Crippen molar-refractivity contribution < 1.29 is 38.1 Å². The van der Waals surface area contributed by atoms with Crippen molar-refractivity contribution in [1.82, 2.24) is 10.6 Å². The van der Waals surface area contributed by atoms with Gasteiger partial charge in [0.25, 0.3) is 11.8 Å². The second kappa shape index (κ2) is 13.1. The summed E-state index contributed by atoms with van der Waals surface area (Å²) in [6.07, 6.45) is 0.582. The molecule has 0 bridgehead atoms. The van der Waals surface area contributed by atoms with Gasteiger partial charge in [0.1, 0.15) is 19.8 Å². The topological polar surface area (TPSA) is 121 Å². The fourth-order valence-electron chi connectivity index (χ4n) is 3.28. The predicted molar refractivity (Wildman–Crippen MR) is 126 cm³/mol. The molecule has 0 radical (unpaired) electrons. The van der Waals surface area contributed by atoms with E-state index in [0.29, 0.717) is 68.0 Å². The molecule has 10 heteroatoms. The maximum atomic E-state index is 12.4. The smallest absolute Gasteiger partial charge is 0.325 e. The van der Waals surface area contributed by atoms with Crippen LogP contribution in [0.1, 0.15) is 29.8 Å². The summed E-state index contributed by atoms with van der Waals surface area (Å²) in [4.78, 5) is 36.3. The SMILES string of the molecule is CCOc1ccc(C(=O)NCC(=O)OCC(=O)NCCc2ccc3c(c2)OCCO3)cc1OCC. The van der Waals surface area contributed by atoms with Gasteiger partial charge in [-0.2, -0.15) is 0 Å². The second-order valence-corrected chi connectivity index (χ2v) is 7.45. The second-order valence-electron chi connectivity index (χ2n) is 7.45. The first-order valence-electron chi connectivity index (χ1n) is 11.5. The Morgan fingerprint density at radius 3 is 2.40 bits per heavy atom. The molecule has 0 spiro atoms. The van der Waals surface area contributed by atoms with Crippen molar-refractivity contribution in [1.29, 1.82) is 0 Å². The minimum absolute atomic E-state index is 0.307. The zero-order valence-corrected chi connectivity index (χ0v) is 19.9. The molecule has 2 N–H and O–H groups in total. The number of nitrogens with one attached hydrogen (secondary N) is 2. The predicted octanol–water partition coefficient (Wildman–Crippen LogP) is 1.89. The van der Waals surface area contributed by atoms with E-state index in [2.05, 4.69) is 10.6 Å². The van der Waals surface area contributed by atoms with Gasteiger partial charge in [-0.3, -0.25) is 14.4 Å². The summed E-state index contributed by atoms with van der Waals surface area (Å²) in [7, 11) is 0. The van der Waals surface area contributed by atoms with Crippen LogP contribution in [-0.4, -0.2) is 63.9 Å². The molecule has 1 aliphatic rings. The van der Waals surface area contributed by atoms with Crippen molar-refractivity contribution in [3.63, 3.8) is 0 Å². The van der Waals surface area contributed by atoms with Gasteiger partial charge in [-0.15, -0.1) is 0 Å². The largest absolute Gasteiger partial charge is 0.490 e. The molecule has 1 aliphatic heterocycles. The van der Waals surface area contributed by atoms with E-state index in [1.807, 2.05) is 32.0 Å². The average molecular weight is 487 g/mol. The van der Waals surface area contributed by atoms with E-state index < -0.39 is 24.4 Å². The summed E-state index contributed by atoms with van der Waals surface area (Å²) in [6, 6.07) is 10.4. The molecule has 2 aromatic carbocycles. The number of ether oxygens (including phenoxy) is 5. The highest BCUT2D eigenvalue weighted by atomic mass is 16.6. The highest BCUT2D eigenvalue weighted by molar-refractivity contribution is 5.96. The summed E-state index contributed by atoms with van der Waals surface area (Å²) in [5, 5.41) is 5.16. The van der Waals surface area contributed by atoms with Gasteiger partial charge in [0, 0.05) is 12.1 Å². The molecule has 35 heavy (non-hydrogen) atoms. The molecule has 0 saturated heterocycles. The lowest BCUT2D eigenvalue weighted by Gasteiger charge is -2.18. The molecule has 10 nitrogen and oxygen atoms in total. The summed E-state index contributed by atoms with van der Waals surface area (Å²) < 4.78 is 26.9. The molecule has 0 atom stereocenters. The van der Waals surface area contributed by atoms with Crippen molar-refractivity contribution in [3.8, 4) is 23.0 Å². The van der Waals surface area contributed by atoms with Crippen molar-refractivity contribution in [2.24, 2.45) is 0 Å². The molecule has 0 saturated carbocycles. The van der Waals surface area contributed by atoms with Crippen LogP contribution in [0.4, 0.5) is 0 Å². The lowest BCUT2D eigenvalue weighted by Crippen LogP contribution is -2.34. The van der Waals surface area contributed by atoms with E-state index in [0.717, 1.165) is 5.56 Å². The van der Waals surface area contributed by atoms with Gasteiger partial charge in [-0.05, 0) is 56.2 Å². The lowest BCUT2D eigenvalue weighted by atomic mass is 10.1. The Kier molecular flexibility index (Phi) is 9.58. The lowest BCUT2D eigenvalue weighted by molar-refractivity contribution is -0.147. The number of benzene rings is 2. The van der Waals surface area contributed by atoms with Gasteiger partial charge in [0.15, 0.2) is 29.6 Å². The van der Waals surface area contributed by atoms with Crippen LogP contribution in [0.15, 0.2) is 36.4 Å². The van der Waals surface area contributed by atoms with Crippen LogP contribution in [0, 0.1) is 0 Å². The van der Waals surface area contributed by atoms with Crippen molar-refractivity contribution >= 4 is 17.8 Å². The highest BCUT2D eigenvalue weighted by Gasteiger charge is 2.15. The Morgan fingerprint density at radius 2 is 1.63 bits per heavy atom. The first kappa shape index (κ1) is 25.7. The number of fused-ring (bicyclic) bond motifs is 1. The fraction of sp³-hybridized carbons (Fsp3) is 0.400. The molecule has 2 amide bonds. The third-order valence-electron chi connectivity index (χ3n) is 4.91. The van der Waals surface area contributed by atoms with E-state index >= 15 is 0 Å². The standard InChI is InChI=1S/C25H30N2O8/c1-3-31-19-8-6-18(14-22(19)32-4-2)25(30)27-15-24(29)35-16-23(28)26-10-9-17-5-7-20-21(13-17)34-12-11-33-20/h5-8,13-14H,3-4,9-12,15-16H2,1-2H3,(H,26,28)(H,27,30). The number of amides is 2. The molecule has 2 aromatic rings. The molecule has 1 heterocycles. The summed E-state index contributed by atoms with van der Waals surface area (Å²) in [5.41, 5.74) is 1.29. The van der Waals surface area contributed by atoms with E-state index in [1.54, 1.807) is 18.2 Å². The van der Waals surface area contributed by atoms with E-state index in [4.69, 9.17) is 23.7 Å². The van der Waals surface area contributed by atoms with E-state index in [9.17, 15) is 14.4 Å². The zero-order chi connectivity index (χ0) is 25.0. The third kappa shape index (κ3) is 7.80. The first-order valence-corrected chi connectivity index (χ1v) is 11.5. The zero-order valence-electron chi connectivity index (χ0n) is 19.9. The number of rotatable bonds is 12. The van der Waals surface area contributed by atoms with Crippen LogP contribution in [-0.2, 0) is 20.7 Å². The minimum Gasteiger partial charge on any atom is -0.490 e. The van der Waals surface area contributed by atoms with Gasteiger partial charge in [-0.25, -0.2) is 0 Å². The number of esters is 1. The van der Waals surface area contributed by atoms with Gasteiger partial charge in [0.05, 0.1) is 13.2 Å². The van der Waals surface area contributed by atoms with Gasteiger partial charge >= 0.3 is 5.97 Å². The summed E-state index contributed by atoms with van der Waals surface area (Å²) in [6.45, 7) is 5.14. The van der Waals surface area contributed by atoms with E-state index in [-0.39, 0.29) is 6.54 Å². The number of carbonyl (C=O) groups is 3. The number of hydrogen-bond donors (Lipinski definition) is 2. The Labute approximate surface area is 203 Å². The van der Waals surface area contributed by atoms with Crippen LogP contribution >= 0.6 is 0 Å². The third-order valence-corrected chi connectivity index (χ3v) is 4.91. The average Bonchev–Trinajstić information content (AvgIpc) is 2.87. The number of hydrogen-bond acceptors (Lipinski definition) is 8. The summed E-state index contributed by atoms with van der Waals surface area (Å²) >= 11 is 0. The van der Waals surface area contributed by atoms with Crippen molar-refractivity contribution in [2.75, 3.05) is 46.1 Å². The quantitative estimate of drug-likeness (QED) is 0.436. The molecular formula is C25H30N2O8. The van der Waals surface area contributed by atoms with Crippen LogP contribution < -0.4 is 29.6 Å². The number of carbonyl (C=O) groups excluding carboxylic acids is 3. The van der Waals surface area contributed by atoms with Crippen molar-refractivity contribution in [2.45, 2.75) is 20.3 Å². The van der Waals surface area contributed by atoms with Gasteiger partial charge in [0.2, 0.25) is 0 Å². The first-order chi connectivity index (χ1) is 17.0. The Hall–Kier alpha value is -3.95. The summed E-state index contributed by atoms with van der Waals surface area (Å²) in [5.74, 6) is 0.736. The van der Waals surface area contributed by atoms with Gasteiger partial charge in [-0.1, -0.05) is 6.07 Å². The molecule has 0 aromatic heterocycles. The molecule has 0 aliphatic carbocycles. The molecule has 3 rings (SSSR count). The Balaban J connectivity index is 1.36. The molecule has 0 fully saturated rings. The van der Waals surface area contributed by atoms with Crippen LogP contribution in [0.3, 0.4) is 0 Å². The molecular weight excluding hydrogens is 456 g/mol. The minimum atomic E-state index is -0.726. The monoisotopic (exact) mass is 486 g/mol. The highest BCUT2D eigenvalue weighted by Crippen LogP contribution is 2.31. The Morgan fingerprint density at radius 1 is 0.886 bits per heavy atom. The molecule has 188 valence electrons. The van der Waals surface area contributed by atoms with Crippen molar-refractivity contribution in [3.05, 3.63) is 47.5 Å². The maximum Gasteiger partial charge on any atom is 0.325 e. The van der Waals surface area contributed by atoms with Crippen LogP contribution in [0.5, 0.6) is 23.0 Å². The van der Waals surface area contributed by atoms with E-state index in [1.165, 1.54) is 0 Å². The normalized spacial score (nSPS) is 11.8. The van der Waals surface area contributed by atoms with Gasteiger partial charge < -0.3 is 34.3 Å². The Bertz CT molecular complexity index is 1040. The maximum absolute atomic E-state index is 12.4.